The van der Waals surface area contributed by atoms with Crippen LogP contribution >= 0.6 is 0 Å². The molecule has 0 bridgehead atoms. The summed E-state index contributed by atoms with van der Waals surface area (Å²) in [6.07, 6.45) is 8.18. The highest BCUT2D eigenvalue weighted by Crippen LogP contribution is 2.41. The van der Waals surface area contributed by atoms with Crippen LogP contribution in [0.4, 0.5) is 0 Å². The molecule has 0 saturated carbocycles. The van der Waals surface area contributed by atoms with Crippen molar-refractivity contribution in [3.8, 4) is 16.9 Å². The van der Waals surface area contributed by atoms with E-state index in [1.54, 1.807) is 13.2 Å². The topological polar surface area (TPSA) is 42.7 Å². The van der Waals surface area contributed by atoms with Crippen LogP contribution in [0, 0.1) is 20.8 Å². The molecule has 168 valence electrons. The number of carbonyl (C=O) groups excluding carboxylic acids is 1. The zero-order valence-electron chi connectivity index (χ0n) is 19.9. The van der Waals surface area contributed by atoms with E-state index in [0.717, 1.165) is 70.5 Å². The average Bonchev–Trinajstić information content (AvgIpc) is 2.99. The molecule has 2 heterocycles. The number of allylic oxidation sites excluding steroid dienone is 1. The summed E-state index contributed by atoms with van der Waals surface area (Å²) in [7, 11) is 1.68. The van der Waals surface area contributed by atoms with Gasteiger partial charge in [-0.05, 0) is 63.3 Å². The molecule has 1 saturated heterocycles. The van der Waals surface area contributed by atoms with Crippen molar-refractivity contribution in [1.29, 1.82) is 0 Å². The second-order valence-corrected chi connectivity index (χ2v) is 8.99. The van der Waals surface area contributed by atoms with Crippen molar-refractivity contribution >= 4 is 22.4 Å². The molecule has 3 aromatic rings. The van der Waals surface area contributed by atoms with Crippen LogP contribution in [0.2, 0.25) is 0 Å². The van der Waals surface area contributed by atoms with Gasteiger partial charge in [-0.3, -0.25) is 4.79 Å². The van der Waals surface area contributed by atoms with Crippen molar-refractivity contribution in [2.24, 2.45) is 0 Å². The lowest BCUT2D eigenvalue weighted by molar-refractivity contribution is -0.125. The first-order valence-electron chi connectivity index (χ1n) is 11.5. The van der Waals surface area contributed by atoms with Gasteiger partial charge >= 0.3 is 0 Å². The predicted molar refractivity (Wildman–Crippen MR) is 131 cm³/mol. The van der Waals surface area contributed by atoms with E-state index in [1.165, 1.54) is 24.0 Å². The van der Waals surface area contributed by atoms with Crippen LogP contribution in [-0.4, -0.2) is 31.0 Å². The highest BCUT2D eigenvalue weighted by atomic mass is 16.5. The molecule has 1 fully saturated rings. The molecule has 4 nitrogen and oxygen atoms in total. The number of benzene rings is 2. The smallest absolute Gasteiger partial charge is 0.246 e. The second-order valence-electron chi connectivity index (χ2n) is 8.99. The lowest BCUT2D eigenvalue weighted by atomic mass is 9.94. The van der Waals surface area contributed by atoms with Crippen molar-refractivity contribution in [3.63, 3.8) is 0 Å². The Morgan fingerprint density at radius 2 is 1.75 bits per heavy atom. The number of rotatable bonds is 4. The molecule has 2 aromatic carbocycles. The maximum absolute atomic E-state index is 13.0. The minimum atomic E-state index is 0.0889. The summed E-state index contributed by atoms with van der Waals surface area (Å²) in [5.41, 5.74) is 8.30. The number of fused-ring (bicyclic) bond motifs is 1. The van der Waals surface area contributed by atoms with E-state index in [1.807, 2.05) is 25.0 Å². The molecule has 1 aliphatic heterocycles. The van der Waals surface area contributed by atoms with Crippen LogP contribution in [0.1, 0.15) is 54.9 Å². The highest BCUT2D eigenvalue weighted by Gasteiger charge is 2.20. The molecule has 0 aliphatic carbocycles. The van der Waals surface area contributed by atoms with Crippen molar-refractivity contribution in [2.45, 2.75) is 53.4 Å². The molecule has 0 atom stereocenters. The minimum absolute atomic E-state index is 0.0889. The number of hydrogen-bond donors (Lipinski definition) is 0. The van der Waals surface area contributed by atoms with Gasteiger partial charge in [0.25, 0.3) is 0 Å². The Bertz CT molecular complexity index is 1180. The highest BCUT2D eigenvalue weighted by molar-refractivity contribution is 6.02. The Labute approximate surface area is 190 Å². The number of nitrogens with zero attached hydrogens (tertiary/aromatic N) is 1. The van der Waals surface area contributed by atoms with E-state index in [4.69, 9.17) is 9.15 Å². The lowest BCUT2D eigenvalue weighted by Gasteiger charge is -2.19. The molecule has 0 radical (unpaired) electrons. The fourth-order valence-corrected chi connectivity index (χ4v) is 4.84. The molecule has 0 unspecified atom stereocenters. The van der Waals surface area contributed by atoms with E-state index in [0.29, 0.717) is 0 Å². The molecule has 0 N–H and O–H groups in total. The first-order valence-corrected chi connectivity index (χ1v) is 11.5. The van der Waals surface area contributed by atoms with Gasteiger partial charge in [-0.2, -0.15) is 0 Å². The van der Waals surface area contributed by atoms with Crippen molar-refractivity contribution in [2.75, 3.05) is 20.2 Å². The first kappa shape index (κ1) is 22.2. The summed E-state index contributed by atoms with van der Waals surface area (Å²) >= 11 is 0. The Kier molecular flexibility index (Phi) is 6.40. The number of carbonyl (C=O) groups is 1. The summed E-state index contributed by atoms with van der Waals surface area (Å²) in [4.78, 5) is 15.0. The third-order valence-electron chi connectivity index (χ3n) is 6.60. The largest absolute Gasteiger partial charge is 0.496 e. The van der Waals surface area contributed by atoms with Gasteiger partial charge in [0.2, 0.25) is 5.91 Å². The van der Waals surface area contributed by atoms with Gasteiger partial charge in [0.15, 0.2) is 0 Å². The van der Waals surface area contributed by atoms with Crippen molar-refractivity contribution < 1.29 is 13.9 Å². The van der Waals surface area contributed by atoms with Crippen LogP contribution in [0.5, 0.6) is 5.75 Å². The molecule has 32 heavy (non-hydrogen) atoms. The number of furan rings is 1. The maximum atomic E-state index is 13.0. The van der Waals surface area contributed by atoms with E-state index < -0.39 is 0 Å². The maximum Gasteiger partial charge on any atom is 0.246 e. The van der Waals surface area contributed by atoms with Crippen molar-refractivity contribution in [1.82, 2.24) is 4.90 Å². The van der Waals surface area contributed by atoms with Gasteiger partial charge in [-0.1, -0.05) is 36.6 Å². The molecule has 1 aromatic heterocycles. The standard InChI is InChI=1S/C28H33NO3/c1-18-10-11-22(19(2)14-18)25-17-32-28-21(4)27(31-5)23(16-24(25)28)20(3)15-26(30)29-12-8-6-7-9-13-29/h10-11,14-17H,6-9,12-13H2,1-5H3/b20-15+. The number of likely N-dealkylation sites (tertiary alicyclic amines) is 1. The molecular weight excluding hydrogens is 398 g/mol. The minimum Gasteiger partial charge on any atom is -0.496 e. The summed E-state index contributed by atoms with van der Waals surface area (Å²) in [5.74, 6) is 0.849. The van der Waals surface area contributed by atoms with Crippen LogP contribution in [0.3, 0.4) is 0 Å². The quantitative estimate of drug-likeness (QED) is 0.425. The number of aryl methyl sites for hydroxylation is 3. The number of hydrogen-bond acceptors (Lipinski definition) is 3. The third kappa shape index (κ3) is 4.19. The molecule has 4 rings (SSSR count). The van der Waals surface area contributed by atoms with Gasteiger partial charge in [0.1, 0.15) is 11.3 Å². The van der Waals surface area contributed by atoms with E-state index in [-0.39, 0.29) is 5.91 Å². The molecule has 0 spiro atoms. The number of methoxy groups -OCH3 is 1. The summed E-state index contributed by atoms with van der Waals surface area (Å²) in [5, 5.41) is 1.04. The molecule has 4 heteroatoms. The molecular formula is C28H33NO3. The predicted octanol–water partition coefficient (Wildman–Crippen LogP) is 6.84. The Balaban J connectivity index is 1.80. The van der Waals surface area contributed by atoms with E-state index in [9.17, 15) is 4.79 Å². The SMILES string of the molecule is COc1c(/C(C)=C/C(=O)N2CCCCCC2)cc2c(-c3ccc(C)cc3C)coc2c1C. The van der Waals surface area contributed by atoms with Gasteiger partial charge in [-0.15, -0.1) is 0 Å². The van der Waals surface area contributed by atoms with Crippen LogP contribution < -0.4 is 4.74 Å². The van der Waals surface area contributed by atoms with Gasteiger partial charge in [0.05, 0.1) is 13.4 Å². The van der Waals surface area contributed by atoms with Gasteiger partial charge in [-0.25, -0.2) is 0 Å². The Hall–Kier alpha value is -3.01. The zero-order valence-corrected chi connectivity index (χ0v) is 19.9. The normalized spacial score (nSPS) is 15.2. The number of amides is 1. The fourth-order valence-electron chi connectivity index (χ4n) is 4.84. The first-order chi connectivity index (χ1) is 15.4. The van der Waals surface area contributed by atoms with E-state index >= 15 is 0 Å². The summed E-state index contributed by atoms with van der Waals surface area (Å²) in [6.45, 7) is 9.93. The van der Waals surface area contributed by atoms with Crippen LogP contribution in [0.25, 0.3) is 27.7 Å². The van der Waals surface area contributed by atoms with Crippen LogP contribution in [-0.2, 0) is 4.79 Å². The van der Waals surface area contributed by atoms with Gasteiger partial charge in [0, 0.05) is 41.2 Å². The van der Waals surface area contributed by atoms with Crippen LogP contribution in [0.15, 0.2) is 41.0 Å². The summed E-state index contributed by atoms with van der Waals surface area (Å²) in [6, 6.07) is 8.58. The lowest BCUT2D eigenvalue weighted by Crippen LogP contribution is -2.30. The van der Waals surface area contributed by atoms with E-state index in [2.05, 4.69) is 38.1 Å². The molecule has 1 aliphatic rings. The Morgan fingerprint density at radius 3 is 2.41 bits per heavy atom. The Morgan fingerprint density at radius 1 is 1.03 bits per heavy atom. The number of ether oxygens (including phenoxy) is 1. The zero-order chi connectivity index (χ0) is 22.8. The van der Waals surface area contributed by atoms with Crippen molar-refractivity contribution in [3.05, 3.63) is 58.9 Å². The summed E-state index contributed by atoms with van der Waals surface area (Å²) < 4.78 is 11.8. The second kappa shape index (κ2) is 9.23. The van der Waals surface area contributed by atoms with Gasteiger partial charge < -0.3 is 14.1 Å². The third-order valence-corrected chi connectivity index (χ3v) is 6.60. The molecule has 1 amide bonds. The monoisotopic (exact) mass is 431 g/mol. The average molecular weight is 432 g/mol. The fraction of sp³-hybridized carbons (Fsp3) is 0.393.